The van der Waals surface area contributed by atoms with Gasteiger partial charge in [0.25, 0.3) is 0 Å². The van der Waals surface area contributed by atoms with Crippen molar-refractivity contribution in [3.63, 3.8) is 0 Å². The van der Waals surface area contributed by atoms with E-state index in [0.717, 1.165) is 99.8 Å². The van der Waals surface area contributed by atoms with Crippen LogP contribution >= 0.6 is 0 Å². The summed E-state index contributed by atoms with van der Waals surface area (Å²) in [4.78, 5) is 25.3. The first kappa shape index (κ1) is 35.4. The van der Waals surface area contributed by atoms with Gasteiger partial charge in [-0.15, -0.1) is 0 Å². The minimum Gasteiger partial charge on any atom is -0.456 e. The third-order valence-corrected chi connectivity index (χ3v) is 11.3. The SMILES string of the molecule is c1ccc(-c2nc(-c3cccc(-c4cccc(-c5nc(-c6ccccc6)nc(-c6ccc7c(c6)oc6ccccc67)n5)c4)c3)cc(-c3ccc4c(c3)oc3ccccc34)n2)cc1. The predicted molar refractivity (Wildman–Crippen MR) is 248 cm³/mol. The Morgan fingerprint density at radius 3 is 1.18 bits per heavy atom. The smallest absolute Gasteiger partial charge is 0.164 e. The van der Waals surface area contributed by atoms with E-state index >= 15 is 0 Å². The van der Waals surface area contributed by atoms with Gasteiger partial charge in [0.1, 0.15) is 22.3 Å². The number of fused-ring (bicyclic) bond motifs is 6. The fraction of sp³-hybridized carbons (Fsp3) is 0. The molecule has 4 heterocycles. The normalized spacial score (nSPS) is 11.5. The molecule has 0 aliphatic rings. The van der Waals surface area contributed by atoms with Crippen molar-refractivity contribution in [1.29, 1.82) is 0 Å². The highest BCUT2D eigenvalue weighted by molar-refractivity contribution is 6.06. The summed E-state index contributed by atoms with van der Waals surface area (Å²) in [6.45, 7) is 0. The number of furan rings is 2. The van der Waals surface area contributed by atoms with Gasteiger partial charge in [-0.05, 0) is 65.7 Å². The summed E-state index contributed by atoms with van der Waals surface area (Å²) in [6, 6.07) is 67.7. The Morgan fingerprint density at radius 1 is 0.226 bits per heavy atom. The molecule has 0 amide bonds. The molecule has 0 saturated carbocycles. The van der Waals surface area contributed by atoms with Crippen molar-refractivity contribution in [1.82, 2.24) is 24.9 Å². The molecule has 0 saturated heterocycles. The molecule has 7 nitrogen and oxygen atoms in total. The lowest BCUT2D eigenvalue weighted by atomic mass is 9.99. The lowest BCUT2D eigenvalue weighted by Crippen LogP contribution is -2.00. The molecule has 0 unspecified atom stereocenters. The molecule has 0 radical (unpaired) electrons. The van der Waals surface area contributed by atoms with Gasteiger partial charge < -0.3 is 8.83 Å². The molecule has 7 heteroatoms. The van der Waals surface area contributed by atoms with Gasteiger partial charge in [0.15, 0.2) is 23.3 Å². The molecule has 0 bridgehead atoms. The lowest BCUT2D eigenvalue weighted by molar-refractivity contribution is 0.668. The monoisotopic (exact) mass is 795 g/mol. The maximum atomic E-state index is 6.27. The van der Waals surface area contributed by atoms with Crippen LogP contribution in [0.3, 0.4) is 0 Å². The molecular weight excluding hydrogens is 763 g/mol. The van der Waals surface area contributed by atoms with E-state index in [2.05, 4.69) is 84.9 Å². The number of para-hydroxylation sites is 2. The maximum absolute atomic E-state index is 6.27. The average Bonchev–Trinajstić information content (AvgIpc) is 3.92. The molecule has 290 valence electrons. The van der Waals surface area contributed by atoms with Crippen molar-refractivity contribution in [3.05, 3.63) is 200 Å². The second kappa shape index (κ2) is 14.6. The Balaban J connectivity index is 0.943. The van der Waals surface area contributed by atoms with Gasteiger partial charge in [-0.25, -0.2) is 24.9 Å². The zero-order valence-corrected chi connectivity index (χ0v) is 33.1. The van der Waals surface area contributed by atoms with Crippen LogP contribution in [0.4, 0.5) is 0 Å². The fourth-order valence-electron chi connectivity index (χ4n) is 8.26. The highest BCUT2D eigenvalue weighted by Gasteiger charge is 2.17. The van der Waals surface area contributed by atoms with Gasteiger partial charge in [-0.1, -0.05) is 146 Å². The molecule has 0 spiro atoms. The summed E-state index contributed by atoms with van der Waals surface area (Å²) >= 11 is 0. The van der Waals surface area contributed by atoms with Crippen LogP contribution in [0.15, 0.2) is 209 Å². The second-order valence-corrected chi connectivity index (χ2v) is 15.3. The van der Waals surface area contributed by atoms with Crippen LogP contribution in [-0.4, -0.2) is 24.9 Å². The lowest BCUT2D eigenvalue weighted by Gasteiger charge is -2.12. The van der Waals surface area contributed by atoms with Crippen LogP contribution in [0, 0.1) is 0 Å². The number of benzene rings is 8. The van der Waals surface area contributed by atoms with Gasteiger partial charge in [0, 0.05) is 54.9 Å². The Hall–Kier alpha value is -8.55. The van der Waals surface area contributed by atoms with E-state index < -0.39 is 0 Å². The van der Waals surface area contributed by atoms with E-state index in [1.807, 2.05) is 115 Å². The summed E-state index contributed by atoms with van der Waals surface area (Å²) in [5.74, 6) is 2.38. The van der Waals surface area contributed by atoms with Crippen LogP contribution in [0.5, 0.6) is 0 Å². The quantitative estimate of drug-likeness (QED) is 0.159. The molecule has 12 rings (SSSR count). The largest absolute Gasteiger partial charge is 0.456 e. The number of hydrogen-bond acceptors (Lipinski definition) is 7. The first-order chi connectivity index (χ1) is 30.7. The number of nitrogens with zero attached hydrogens (tertiary/aromatic N) is 5. The van der Waals surface area contributed by atoms with Gasteiger partial charge in [-0.2, -0.15) is 0 Å². The van der Waals surface area contributed by atoms with E-state index in [1.165, 1.54) is 0 Å². The van der Waals surface area contributed by atoms with E-state index in [0.29, 0.717) is 23.3 Å². The number of rotatable bonds is 7. The molecule has 0 aliphatic carbocycles. The molecule has 0 atom stereocenters. The van der Waals surface area contributed by atoms with Crippen molar-refractivity contribution in [2.24, 2.45) is 0 Å². The van der Waals surface area contributed by atoms with Crippen LogP contribution in [-0.2, 0) is 0 Å². The molecular formula is C55H33N5O2. The van der Waals surface area contributed by atoms with Crippen LogP contribution < -0.4 is 0 Å². The Labute approximate surface area is 355 Å². The van der Waals surface area contributed by atoms with E-state index in [-0.39, 0.29) is 0 Å². The highest BCUT2D eigenvalue weighted by atomic mass is 16.3. The number of aromatic nitrogens is 5. The summed E-state index contributed by atoms with van der Waals surface area (Å²) in [7, 11) is 0. The van der Waals surface area contributed by atoms with Crippen LogP contribution in [0.25, 0.3) is 123 Å². The number of hydrogen-bond donors (Lipinski definition) is 0. The second-order valence-electron chi connectivity index (χ2n) is 15.3. The van der Waals surface area contributed by atoms with Gasteiger partial charge in [-0.3, -0.25) is 0 Å². The predicted octanol–water partition coefficient (Wildman–Crippen LogP) is 14.1. The summed E-state index contributed by atoms with van der Waals surface area (Å²) in [6.07, 6.45) is 0. The third kappa shape index (κ3) is 6.36. The fourth-order valence-corrected chi connectivity index (χ4v) is 8.26. The molecule has 12 aromatic rings. The molecule has 0 aliphatic heterocycles. The Kier molecular flexibility index (Phi) is 8.35. The summed E-state index contributed by atoms with van der Waals surface area (Å²) in [5.41, 5.74) is 12.5. The van der Waals surface area contributed by atoms with Crippen molar-refractivity contribution < 1.29 is 8.83 Å². The van der Waals surface area contributed by atoms with Crippen molar-refractivity contribution in [2.75, 3.05) is 0 Å². The summed E-state index contributed by atoms with van der Waals surface area (Å²) < 4.78 is 12.5. The Morgan fingerprint density at radius 2 is 0.597 bits per heavy atom. The highest BCUT2D eigenvalue weighted by Crippen LogP contribution is 2.36. The van der Waals surface area contributed by atoms with E-state index in [1.54, 1.807) is 0 Å². The van der Waals surface area contributed by atoms with Crippen molar-refractivity contribution in [3.8, 4) is 79.2 Å². The zero-order valence-electron chi connectivity index (χ0n) is 33.1. The third-order valence-electron chi connectivity index (χ3n) is 11.3. The molecule has 4 aromatic heterocycles. The maximum Gasteiger partial charge on any atom is 0.164 e. The molecule has 0 N–H and O–H groups in total. The van der Waals surface area contributed by atoms with Gasteiger partial charge in [0.2, 0.25) is 0 Å². The molecule has 62 heavy (non-hydrogen) atoms. The Bertz CT molecular complexity index is 3410. The average molecular weight is 796 g/mol. The molecule has 0 fully saturated rings. The van der Waals surface area contributed by atoms with E-state index in [9.17, 15) is 0 Å². The first-order valence-corrected chi connectivity index (χ1v) is 20.5. The van der Waals surface area contributed by atoms with Gasteiger partial charge >= 0.3 is 0 Å². The van der Waals surface area contributed by atoms with Crippen molar-refractivity contribution >= 4 is 43.9 Å². The van der Waals surface area contributed by atoms with Crippen molar-refractivity contribution in [2.45, 2.75) is 0 Å². The minimum atomic E-state index is 0.567. The molecule has 8 aromatic carbocycles. The van der Waals surface area contributed by atoms with Gasteiger partial charge in [0.05, 0.1) is 11.4 Å². The van der Waals surface area contributed by atoms with E-state index in [4.69, 9.17) is 33.8 Å². The zero-order chi connectivity index (χ0) is 41.0. The minimum absolute atomic E-state index is 0.567. The first-order valence-electron chi connectivity index (χ1n) is 20.5. The van der Waals surface area contributed by atoms with Crippen LogP contribution in [0.2, 0.25) is 0 Å². The summed E-state index contributed by atoms with van der Waals surface area (Å²) in [5, 5.41) is 4.30. The standard InChI is InChI=1S/C55H33N5O2/c1-3-13-34(14-4-1)52-56-46(33-47(57-52)39-25-27-44-42-21-7-9-23-48(42)61-50(44)31-39)38-19-11-17-36(29-38)37-18-12-20-40(30-37)54-58-53(35-15-5-2-6-16-35)59-55(60-54)41-26-28-45-43-22-8-10-24-49(43)62-51(45)32-41/h1-33H. The van der Waals surface area contributed by atoms with Crippen LogP contribution in [0.1, 0.15) is 0 Å². The topological polar surface area (TPSA) is 90.7 Å².